The summed E-state index contributed by atoms with van der Waals surface area (Å²) in [6, 6.07) is 4.30. The lowest BCUT2D eigenvalue weighted by molar-refractivity contribution is -0.140. The van der Waals surface area contributed by atoms with Crippen molar-refractivity contribution in [3.63, 3.8) is 0 Å². The monoisotopic (exact) mass is 424 g/mol. The number of halogens is 3. The van der Waals surface area contributed by atoms with E-state index in [-0.39, 0.29) is 29.2 Å². The molecule has 1 spiro atoms. The Morgan fingerprint density at radius 2 is 1.90 bits per heavy atom. The second-order valence-corrected chi connectivity index (χ2v) is 8.79. The van der Waals surface area contributed by atoms with Gasteiger partial charge in [0.15, 0.2) is 0 Å². The first-order chi connectivity index (χ1) is 14.2. The van der Waals surface area contributed by atoms with Crippen molar-refractivity contribution in [3.8, 4) is 0 Å². The van der Waals surface area contributed by atoms with Gasteiger partial charge in [0.1, 0.15) is 6.10 Å². The van der Waals surface area contributed by atoms with Crippen molar-refractivity contribution in [1.82, 2.24) is 4.90 Å². The highest BCUT2D eigenvalue weighted by atomic mass is 19.4. The summed E-state index contributed by atoms with van der Waals surface area (Å²) in [7, 11) is 0. The summed E-state index contributed by atoms with van der Waals surface area (Å²) in [5.41, 5.74) is -0.608. The van der Waals surface area contributed by atoms with Gasteiger partial charge in [0.05, 0.1) is 5.56 Å². The van der Waals surface area contributed by atoms with Crippen LogP contribution >= 0.6 is 0 Å². The molecule has 30 heavy (non-hydrogen) atoms. The molecule has 164 valence electrons. The van der Waals surface area contributed by atoms with E-state index in [4.69, 9.17) is 4.74 Å². The van der Waals surface area contributed by atoms with Crippen LogP contribution in [0.15, 0.2) is 24.3 Å². The number of nitrogens with one attached hydrogen (secondary N) is 1. The third kappa shape index (κ3) is 3.76. The van der Waals surface area contributed by atoms with Gasteiger partial charge in [-0.3, -0.25) is 10.1 Å². The number of carbonyl (C=O) groups is 2. The number of alkyl halides is 3. The Morgan fingerprint density at radius 3 is 2.60 bits per heavy atom. The highest BCUT2D eigenvalue weighted by molar-refractivity contribution is 5.84. The van der Waals surface area contributed by atoms with Crippen LogP contribution in [0.3, 0.4) is 0 Å². The fourth-order valence-electron chi connectivity index (χ4n) is 5.84. The first kappa shape index (κ1) is 21.0. The van der Waals surface area contributed by atoms with E-state index in [0.29, 0.717) is 18.8 Å². The van der Waals surface area contributed by atoms with E-state index < -0.39 is 17.8 Å². The third-order valence-electron chi connectivity index (χ3n) is 7.23. The molecular weight excluding hydrogens is 397 g/mol. The number of anilines is 1. The van der Waals surface area contributed by atoms with Crippen molar-refractivity contribution in [2.75, 3.05) is 11.9 Å². The highest BCUT2D eigenvalue weighted by Gasteiger charge is 2.55. The Kier molecular flexibility index (Phi) is 5.45. The maximum absolute atomic E-state index is 12.7. The molecule has 1 aromatic rings. The average molecular weight is 424 g/mol. The molecule has 4 atom stereocenters. The molecule has 4 rings (SSSR count). The lowest BCUT2D eigenvalue weighted by Gasteiger charge is -2.51. The zero-order valence-electron chi connectivity index (χ0n) is 17.0. The van der Waals surface area contributed by atoms with Gasteiger partial charge in [0.2, 0.25) is 5.91 Å². The number of hydrogen-bond donors (Lipinski definition) is 1. The molecule has 1 saturated carbocycles. The van der Waals surface area contributed by atoms with Crippen LogP contribution in [0.5, 0.6) is 0 Å². The maximum Gasteiger partial charge on any atom is 0.416 e. The Balaban J connectivity index is 1.41. The topological polar surface area (TPSA) is 58.6 Å². The van der Waals surface area contributed by atoms with Crippen LogP contribution in [-0.2, 0) is 15.7 Å². The summed E-state index contributed by atoms with van der Waals surface area (Å²) in [6.07, 6.45) is 0.591. The standard InChI is InChI=1S/C22H27F3N2O3/c1-14-17-4-2-5-19(28)27-13-3-11-21(17,27)12-10-18(14)30-20(29)26-16-8-6-15(7-9-16)22(23,24)25/h6-9,14,17-18H,2-5,10-13H2,1H3,(H,26,29)/t14-,17+,18+,21-/m1/s1. The normalized spacial score (nSPS) is 31.5. The van der Waals surface area contributed by atoms with Crippen molar-refractivity contribution < 1.29 is 27.5 Å². The SMILES string of the molecule is C[C@H]1[C@@H](OC(=O)Nc2ccc(C(F)(F)F)cc2)CC[C@@]23CCCN2C(=O)CCC[C@@H]13. The Labute approximate surface area is 173 Å². The van der Waals surface area contributed by atoms with Crippen LogP contribution in [-0.4, -0.2) is 35.1 Å². The molecule has 3 aliphatic rings. The Morgan fingerprint density at radius 1 is 1.17 bits per heavy atom. The molecule has 2 aliphatic heterocycles. The second-order valence-electron chi connectivity index (χ2n) is 8.79. The molecule has 1 N–H and O–H groups in total. The third-order valence-corrected chi connectivity index (χ3v) is 7.23. The Hall–Kier alpha value is -2.25. The number of rotatable bonds is 2. The van der Waals surface area contributed by atoms with Gasteiger partial charge in [0, 0.05) is 24.2 Å². The fraction of sp³-hybridized carbons (Fsp3) is 0.636. The molecule has 3 fully saturated rings. The molecule has 2 saturated heterocycles. The van der Waals surface area contributed by atoms with Crippen molar-refractivity contribution in [1.29, 1.82) is 0 Å². The van der Waals surface area contributed by atoms with Crippen molar-refractivity contribution in [2.24, 2.45) is 11.8 Å². The van der Waals surface area contributed by atoms with Crippen LogP contribution in [0, 0.1) is 11.8 Å². The summed E-state index contributed by atoms with van der Waals surface area (Å²) < 4.78 is 43.7. The van der Waals surface area contributed by atoms with E-state index in [9.17, 15) is 22.8 Å². The van der Waals surface area contributed by atoms with Gasteiger partial charge in [-0.1, -0.05) is 6.92 Å². The average Bonchev–Trinajstić information content (AvgIpc) is 3.05. The molecule has 0 unspecified atom stereocenters. The molecule has 5 nitrogen and oxygen atoms in total. The molecule has 0 radical (unpaired) electrons. The van der Waals surface area contributed by atoms with E-state index in [2.05, 4.69) is 17.1 Å². The molecule has 8 heteroatoms. The maximum atomic E-state index is 12.7. The van der Waals surface area contributed by atoms with E-state index in [1.165, 1.54) is 12.1 Å². The van der Waals surface area contributed by atoms with Crippen molar-refractivity contribution in [2.45, 2.75) is 69.7 Å². The number of carbonyl (C=O) groups excluding carboxylic acids is 2. The number of nitrogens with zero attached hydrogens (tertiary/aromatic N) is 1. The zero-order valence-corrected chi connectivity index (χ0v) is 17.0. The lowest BCUT2D eigenvalue weighted by atomic mass is 9.64. The van der Waals surface area contributed by atoms with Gasteiger partial charge in [-0.25, -0.2) is 4.79 Å². The van der Waals surface area contributed by atoms with Crippen LogP contribution in [0.1, 0.15) is 57.4 Å². The zero-order chi connectivity index (χ0) is 21.5. The minimum Gasteiger partial charge on any atom is -0.446 e. The quantitative estimate of drug-likeness (QED) is 0.709. The predicted octanol–water partition coefficient (Wildman–Crippen LogP) is 5.21. The minimum atomic E-state index is -4.42. The summed E-state index contributed by atoms with van der Waals surface area (Å²) in [5, 5.41) is 2.53. The molecular formula is C22H27F3N2O3. The van der Waals surface area contributed by atoms with Gasteiger partial charge in [-0.15, -0.1) is 0 Å². The van der Waals surface area contributed by atoms with Crippen LogP contribution in [0.2, 0.25) is 0 Å². The van der Waals surface area contributed by atoms with Crippen LogP contribution in [0.25, 0.3) is 0 Å². The van der Waals surface area contributed by atoms with E-state index in [0.717, 1.165) is 50.8 Å². The van der Waals surface area contributed by atoms with Crippen LogP contribution < -0.4 is 5.32 Å². The molecule has 0 bridgehead atoms. The fourth-order valence-corrected chi connectivity index (χ4v) is 5.84. The van der Waals surface area contributed by atoms with E-state index in [1.807, 2.05) is 0 Å². The van der Waals surface area contributed by atoms with E-state index >= 15 is 0 Å². The van der Waals surface area contributed by atoms with Gasteiger partial charge >= 0.3 is 12.3 Å². The van der Waals surface area contributed by atoms with Gasteiger partial charge in [0.25, 0.3) is 0 Å². The van der Waals surface area contributed by atoms with Gasteiger partial charge in [-0.05, 0) is 74.6 Å². The van der Waals surface area contributed by atoms with Gasteiger partial charge in [-0.2, -0.15) is 13.2 Å². The Bertz CT molecular complexity index is 811. The minimum absolute atomic E-state index is 0.100. The molecule has 1 aliphatic carbocycles. The number of ether oxygens (including phenoxy) is 1. The smallest absolute Gasteiger partial charge is 0.416 e. The molecule has 1 aromatic carbocycles. The first-order valence-electron chi connectivity index (χ1n) is 10.7. The summed E-state index contributed by atoms with van der Waals surface area (Å²) in [4.78, 5) is 27.1. The van der Waals surface area contributed by atoms with Crippen molar-refractivity contribution in [3.05, 3.63) is 29.8 Å². The van der Waals surface area contributed by atoms with Crippen molar-refractivity contribution >= 4 is 17.7 Å². The number of amides is 2. The molecule has 2 heterocycles. The second kappa shape index (κ2) is 7.78. The summed E-state index contributed by atoms with van der Waals surface area (Å²) in [5.74, 6) is 0.661. The number of hydrogen-bond acceptors (Lipinski definition) is 3. The largest absolute Gasteiger partial charge is 0.446 e. The number of benzene rings is 1. The van der Waals surface area contributed by atoms with Gasteiger partial charge < -0.3 is 9.64 Å². The highest BCUT2D eigenvalue weighted by Crippen LogP contribution is 2.52. The lowest BCUT2D eigenvalue weighted by Crippen LogP contribution is -2.57. The summed E-state index contributed by atoms with van der Waals surface area (Å²) >= 11 is 0. The molecule has 2 amide bonds. The summed E-state index contributed by atoms with van der Waals surface area (Å²) in [6.45, 7) is 2.91. The molecule has 0 aromatic heterocycles. The predicted molar refractivity (Wildman–Crippen MR) is 105 cm³/mol. The first-order valence-corrected chi connectivity index (χ1v) is 10.7. The van der Waals surface area contributed by atoms with E-state index in [1.54, 1.807) is 0 Å². The van der Waals surface area contributed by atoms with Crippen LogP contribution in [0.4, 0.5) is 23.7 Å².